The summed E-state index contributed by atoms with van der Waals surface area (Å²) in [5.41, 5.74) is 1.37. The molecule has 5 N–H and O–H groups in total. The molecule has 2 aromatic heterocycles. The molecule has 0 bridgehead atoms. The fourth-order valence-corrected chi connectivity index (χ4v) is 3.10. The molecule has 1 fully saturated rings. The zero-order valence-electron chi connectivity index (χ0n) is 14.1. The fourth-order valence-electron chi connectivity index (χ4n) is 3.10. The molecule has 27 heavy (non-hydrogen) atoms. The van der Waals surface area contributed by atoms with Gasteiger partial charge in [0, 0.05) is 5.56 Å². The molecule has 5 unspecified atom stereocenters. The summed E-state index contributed by atoms with van der Waals surface area (Å²) in [5, 5.41) is 42.7. The minimum Gasteiger partial charge on any atom is -0.394 e. The van der Waals surface area contributed by atoms with Crippen LogP contribution >= 0.6 is 0 Å². The van der Waals surface area contributed by atoms with Crippen LogP contribution in [-0.4, -0.2) is 64.9 Å². The van der Waals surface area contributed by atoms with Crippen molar-refractivity contribution in [1.82, 2.24) is 19.5 Å². The normalized spacial score (nSPS) is 26.4. The van der Waals surface area contributed by atoms with Crippen molar-refractivity contribution in [2.24, 2.45) is 0 Å². The van der Waals surface area contributed by atoms with Gasteiger partial charge in [0.15, 0.2) is 29.4 Å². The predicted molar refractivity (Wildman–Crippen MR) is 93.4 cm³/mol. The van der Waals surface area contributed by atoms with E-state index in [1.807, 2.05) is 18.2 Å². The highest BCUT2D eigenvalue weighted by molar-refractivity contribution is 5.82. The standard InChI is InChI=1S/C17H19N5O5/c23-6-10-12(24)13(25)17(27-10)22-8-20-11-14(18-7-19-15(11)22)21-16(26)9-4-2-1-3-5-9/h1-5,7-8,10,12-13,16-17,23-26H,6H2,(H,18,19,21). The molecule has 0 saturated carbocycles. The third-order valence-corrected chi connectivity index (χ3v) is 4.54. The summed E-state index contributed by atoms with van der Waals surface area (Å²) in [6, 6.07) is 9.02. The van der Waals surface area contributed by atoms with Crippen LogP contribution in [0, 0.1) is 0 Å². The maximum atomic E-state index is 10.4. The van der Waals surface area contributed by atoms with Gasteiger partial charge in [0.25, 0.3) is 0 Å². The van der Waals surface area contributed by atoms with Crippen molar-refractivity contribution in [3.63, 3.8) is 0 Å². The number of nitrogens with zero attached hydrogens (tertiary/aromatic N) is 4. The van der Waals surface area contributed by atoms with Crippen molar-refractivity contribution >= 4 is 17.0 Å². The van der Waals surface area contributed by atoms with Crippen LogP contribution in [0.25, 0.3) is 11.2 Å². The van der Waals surface area contributed by atoms with E-state index >= 15 is 0 Å². The van der Waals surface area contributed by atoms with Gasteiger partial charge in [-0.1, -0.05) is 30.3 Å². The Morgan fingerprint density at radius 3 is 2.59 bits per heavy atom. The van der Waals surface area contributed by atoms with E-state index in [0.29, 0.717) is 22.5 Å². The van der Waals surface area contributed by atoms with E-state index in [9.17, 15) is 20.4 Å². The monoisotopic (exact) mass is 373 g/mol. The number of aliphatic hydroxyl groups excluding tert-OH is 4. The summed E-state index contributed by atoms with van der Waals surface area (Å²) in [6.07, 6.45) is -2.63. The van der Waals surface area contributed by atoms with Crippen molar-refractivity contribution in [3.8, 4) is 0 Å². The van der Waals surface area contributed by atoms with Crippen LogP contribution in [0.3, 0.4) is 0 Å². The van der Waals surface area contributed by atoms with Crippen molar-refractivity contribution < 1.29 is 25.2 Å². The molecule has 10 nitrogen and oxygen atoms in total. The lowest BCUT2D eigenvalue weighted by Crippen LogP contribution is -2.33. The number of fused-ring (bicyclic) bond motifs is 1. The van der Waals surface area contributed by atoms with Gasteiger partial charge in [-0.3, -0.25) is 4.57 Å². The summed E-state index contributed by atoms with van der Waals surface area (Å²) < 4.78 is 6.98. The first kappa shape index (κ1) is 17.8. The van der Waals surface area contributed by atoms with Gasteiger partial charge in [0.1, 0.15) is 24.6 Å². The quantitative estimate of drug-likeness (QED) is 0.375. The average molecular weight is 373 g/mol. The number of hydrogen-bond acceptors (Lipinski definition) is 9. The fraction of sp³-hybridized carbons (Fsp3) is 0.353. The Bertz CT molecular complexity index is 920. The minimum atomic E-state index is -1.25. The van der Waals surface area contributed by atoms with E-state index in [1.165, 1.54) is 17.2 Å². The van der Waals surface area contributed by atoms with Gasteiger partial charge in [-0.25, -0.2) is 15.0 Å². The first-order valence-corrected chi connectivity index (χ1v) is 8.39. The number of aliphatic hydroxyl groups is 4. The Kier molecular flexibility index (Phi) is 4.72. The first-order chi connectivity index (χ1) is 13.1. The summed E-state index contributed by atoms with van der Waals surface area (Å²) in [5.74, 6) is 0.307. The summed E-state index contributed by atoms with van der Waals surface area (Å²) in [4.78, 5) is 12.5. The van der Waals surface area contributed by atoms with Gasteiger partial charge in [-0.2, -0.15) is 0 Å². The third-order valence-electron chi connectivity index (χ3n) is 4.54. The van der Waals surface area contributed by atoms with Crippen molar-refractivity contribution in [2.75, 3.05) is 11.9 Å². The molecule has 142 valence electrons. The van der Waals surface area contributed by atoms with Crippen LogP contribution in [0.15, 0.2) is 43.0 Å². The maximum Gasteiger partial charge on any atom is 0.167 e. The molecule has 0 spiro atoms. The molecule has 0 amide bonds. The Balaban J connectivity index is 1.64. The molecule has 1 saturated heterocycles. The number of hydrogen-bond donors (Lipinski definition) is 5. The molecule has 0 aliphatic carbocycles. The zero-order chi connectivity index (χ0) is 19.0. The largest absolute Gasteiger partial charge is 0.394 e. The van der Waals surface area contributed by atoms with Crippen molar-refractivity contribution in [3.05, 3.63) is 48.5 Å². The molecule has 5 atom stereocenters. The van der Waals surface area contributed by atoms with Crippen LogP contribution in [0.2, 0.25) is 0 Å². The second-order valence-electron chi connectivity index (χ2n) is 6.23. The molecule has 1 aliphatic heterocycles. The maximum absolute atomic E-state index is 10.4. The second-order valence-corrected chi connectivity index (χ2v) is 6.23. The van der Waals surface area contributed by atoms with E-state index in [0.717, 1.165) is 0 Å². The van der Waals surface area contributed by atoms with Gasteiger partial charge in [-0.15, -0.1) is 0 Å². The van der Waals surface area contributed by atoms with Crippen LogP contribution in [0.4, 0.5) is 5.82 Å². The lowest BCUT2D eigenvalue weighted by atomic mass is 10.1. The van der Waals surface area contributed by atoms with E-state index < -0.39 is 37.4 Å². The molecular formula is C17H19N5O5. The van der Waals surface area contributed by atoms with Gasteiger partial charge in [0.2, 0.25) is 0 Å². The number of ether oxygens (including phenoxy) is 1. The molecule has 3 heterocycles. The summed E-state index contributed by atoms with van der Waals surface area (Å²) in [6.45, 7) is -0.424. The number of aromatic nitrogens is 4. The van der Waals surface area contributed by atoms with Crippen molar-refractivity contribution in [1.29, 1.82) is 0 Å². The molecule has 1 aromatic carbocycles. The lowest BCUT2D eigenvalue weighted by molar-refractivity contribution is -0.0511. The lowest BCUT2D eigenvalue weighted by Gasteiger charge is -2.17. The van der Waals surface area contributed by atoms with Gasteiger partial charge in [-0.05, 0) is 0 Å². The highest BCUT2D eigenvalue weighted by Gasteiger charge is 2.44. The molecular weight excluding hydrogens is 354 g/mol. The predicted octanol–water partition coefficient (Wildman–Crippen LogP) is -0.459. The van der Waals surface area contributed by atoms with Gasteiger partial charge in [0.05, 0.1) is 12.9 Å². The van der Waals surface area contributed by atoms with Gasteiger partial charge >= 0.3 is 0 Å². The van der Waals surface area contributed by atoms with Crippen LogP contribution in [0.5, 0.6) is 0 Å². The third kappa shape index (κ3) is 3.13. The van der Waals surface area contributed by atoms with E-state index in [4.69, 9.17) is 4.74 Å². The number of nitrogens with one attached hydrogen (secondary N) is 1. The Morgan fingerprint density at radius 2 is 1.89 bits per heavy atom. The topological polar surface area (TPSA) is 146 Å². The van der Waals surface area contributed by atoms with Crippen LogP contribution in [0.1, 0.15) is 18.0 Å². The summed E-state index contributed by atoms with van der Waals surface area (Å²) in [7, 11) is 0. The number of imidazole rings is 1. The van der Waals surface area contributed by atoms with Crippen LogP contribution < -0.4 is 5.32 Å². The van der Waals surface area contributed by atoms with Crippen LogP contribution in [-0.2, 0) is 4.74 Å². The molecule has 1 aliphatic rings. The average Bonchev–Trinajstić information content (AvgIpc) is 3.25. The van der Waals surface area contributed by atoms with E-state index in [2.05, 4.69) is 20.3 Å². The minimum absolute atomic E-state index is 0.307. The first-order valence-electron chi connectivity index (χ1n) is 8.39. The van der Waals surface area contributed by atoms with Gasteiger partial charge < -0.3 is 30.5 Å². The number of anilines is 1. The number of rotatable bonds is 5. The summed E-state index contributed by atoms with van der Waals surface area (Å²) >= 11 is 0. The highest BCUT2D eigenvalue weighted by Crippen LogP contribution is 2.32. The van der Waals surface area contributed by atoms with Crippen molar-refractivity contribution in [2.45, 2.75) is 30.8 Å². The highest BCUT2D eigenvalue weighted by atomic mass is 16.6. The second kappa shape index (κ2) is 7.18. The van der Waals surface area contributed by atoms with E-state index in [1.54, 1.807) is 12.1 Å². The SMILES string of the molecule is OCC1OC(n2cnc3c(NC(O)c4ccccc4)ncnc32)C(O)C1O. The zero-order valence-corrected chi connectivity index (χ0v) is 14.1. The Labute approximate surface area is 153 Å². The molecule has 0 radical (unpaired) electrons. The molecule has 3 aromatic rings. The Hall–Kier alpha value is -2.63. The number of benzene rings is 1. The Morgan fingerprint density at radius 1 is 1.11 bits per heavy atom. The van der Waals surface area contributed by atoms with E-state index in [-0.39, 0.29) is 0 Å². The molecule has 4 rings (SSSR count). The molecule has 10 heteroatoms. The smallest absolute Gasteiger partial charge is 0.167 e.